The molecule has 0 aliphatic carbocycles. The topological polar surface area (TPSA) is 92.1 Å². The van der Waals surface area contributed by atoms with E-state index in [4.69, 9.17) is 5.73 Å². The van der Waals surface area contributed by atoms with Crippen LogP contribution in [0.3, 0.4) is 0 Å². The number of hydrogen-bond acceptors (Lipinski definition) is 3. The highest BCUT2D eigenvalue weighted by Gasteiger charge is 2.38. The molecule has 2 aromatic rings. The van der Waals surface area contributed by atoms with Crippen molar-refractivity contribution in [2.45, 2.75) is 25.2 Å². The molecule has 1 aliphatic rings. The SMILES string of the molecule is C[C@@]1(c2[nH]ncc2C(N)=O)CCCN(C(=O)c2ccccc2)C1. The molecule has 3 rings (SSSR count). The number of amides is 2. The van der Waals surface area contributed by atoms with Crippen molar-refractivity contribution < 1.29 is 9.59 Å². The molecule has 1 saturated heterocycles. The van der Waals surface area contributed by atoms with Gasteiger partial charge < -0.3 is 10.6 Å². The highest BCUT2D eigenvalue weighted by Crippen LogP contribution is 2.34. The van der Waals surface area contributed by atoms with E-state index in [0.29, 0.717) is 24.2 Å². The number of aromatic amines is 1. The van der Waals surface area contributed by atoms with Gasteiger partial charge in [-0.1, -0.05) is 25.1 Å². The minimum atomic E-state index is -0.499. The van der Waals surface area contributed by atoms with Crippen LogP contribution in [0.4, 0.5) is 0 Å². The third-order valence-corrected chi connectivity index (χ3v) is 4.51. The van der Waals surface area contributed by atoms with Crippen LogP contribution in [0.5, 0.6) is 0 Å². The molecule has 1 aromatic carbocycles. The van der Waals surface area contributed by atoms with Gasteiger partial charge in [-0.05, 0) is 25.0 Å². The maximum atomic E-state index is 12.7. The van der Waals surface area contributed by atoms with Gasteiger partial charge in [0.1, 0.15) is 0 Å². The van der Waals surface area contributed by atoms with Crippen LogP contribution in [0.2, 0.25) is 0 Å². The summed E-state index contributed by atoms with van der Waals surface area (Å²) >= 11 is 0. The lowest BCUT2D eigenvalue weighted by molar-refractivity contribution is 0.0647. The van der Waals surface area contributed by atoms with Gasteiger partial charge >= 0.3 is 0 Å². The molecule has 6 nitrogen and oxygen atoms in total. The molecule has 0 bridgehead atoms. The number of hydrogen-bond donors (Lipinski definition) is 2. The summed E-state index contributed by atoms with van der Waals surface area (Å²) < 4.78 is 0. The fourth-order valence-electron chi connectivity index (χ4n) is 3.31. The zero-order chi connectivity index (χ0) is 16.4. The average Bonchev–Trinajstić information content (AvgIpc) is 3.06. The van der Waals surface area contributed by atoms with Crippen molar-refractivity contribution in [3.63, 3.8) is 0 Å². The van der Waals surface area contributed by atoms with E-state index < -0.39 is 5.91 Å². The maximum Gasteiger partial charge on any atom is 0.253 e. The van der Waals surface area contributed by atoms with Crippen molar-refractivity contribution in [1.29, 1.82) is 0 Å². The predicted molar refractivity (Wildman–Crippen MR) is 86.0 cm³/mol. The van der Waals surface area contributed by atoms with E-state index in [1.807, 2.05) is 42.2 Å². The van der Waals surface area contributed by atoms with Crippen LogP contribution >= 0.6 is 0 Å². The molecule has 0 radical (unpaired) electrons. The Morgan fingerprint density at radius 3 is 2.74 bits per heavy atom. The van der Waals surface area contributed by atoms with Crippen LogP contribution in [0, 0.1) is 0 Å². The van der Waals surface area contributed by atoms with Gasteiger partial charge in [-0.25, -0.2) is 0 Å². The van der Waals surface area contributed by atoms with E-state index in [1.165, 1.54) is 6.20 Å². The zero-order valence-electron chi connectivity index (χ0n) is 13.1. The van der Waals surface area contributed by atoms with E-state index in [1.54, 1.807) is 0 Å². The Kier molecular flexibility index (Phi) is 3.90. The zero-order valence-corrected chi connectivity index (χ0v) is 13.1. The molecule has 2 amide bonds. The molecule has 1 aromatic heterocycles. The standard InChI is InChI=1S/C17H20N4O2/c1-17(14-13(15(18)22)10-19-20-14)8-5-9-21(11-17)16(23)12-6-3-2-4-7-12/h2-4,6-7,10H,5,8-9,11H2,1H3,(H2,18,22)(H,19,20)/t17-/m1/s1. The first kappa shape index (κ1) is 15.3. The van der Waals surface area contributed by atoms with E-state index in [0.717, 1.165) is 18.5 Å². The Morgan fingerprint density at radius 1 is 1.30 bits per heavy atom. The number of piperidine rings is 1. The monoisotopic (exact) mass is 312 g/mol. The van der Waals surface area contributed by atoms with Crippen molar-refractivity contribution in [3.05, 3.63) is 53.3 Å². The quantitative estimate of drug-likeness (QED) is 0.903. The van der Waals surface area contributed by atoms with E-state index in [2.05, 4.69) is 10.2 Å². The van der Waals surface area contributed by atoms with E-state index in [9.17, 15) is 9.59 Å². The summed E-state index contributed by atoms with van der Waals surface area (Å²) in [4.78, 5) is 26.1. The second-order valence-corrected chi connectivity index (χ2v) is 6.28. The Labute approximate surface area is 134 Å². The van der Waals surface area contributed by atoms with Crippen molar-refractivity contribution in [2.24, 2.45) is 5.73 Å². The number of nitrogens with one attached hydrogen (secondary N) is 1. The van der Waals surface area contributed by atoms with Gasteiger partial charge in [0, 0.05) is 24.1 Å². The van der Waals surface area contributed by atoms with Crippen LogP contribution < -0.4 is 5.73 Å². The lowest BCUT2D eigenvalue weighted by Crippen LogP contribution is -2.47. The molecule has 0 spiro atoms. The van der Waals surface area contributed by atoms with E-state index in [-0.39, 0.29) is 11.3 Å². The number of primary amides is 1. The molecule has 23 heavy (non-hydrogen) atoms. The summed E-state index contributed by atoms with van der Waals surface area (Å²) in [6.45, 7) is 3.28. The van der Waals surface area contributed by atoms with Crippen molar-refractivity contribution in [3.8, 4) is 0 Å². The smallest absolute Gasteiger partial charge is 0.253 e. The first-order valence-corrected chi connectivity index (χ1v) is 7.69. The summed E-state index contributed by atoms with van der Waals surface area (Å²) in [5.74, 6) is -0.488. The van der Waals surface area contributed by atoms with E-state index >= 15 is 0 Å². The van der Waals surface area contributed by atoms with Crippen LogP contribution in [0.1, 0.15) is 46.2 Å². The number of aromatic nitrogens is 2. The van der Waals surface area contributed by atoms with Gasteiger partial charge in [0.2, 0.25) is 0 Å². The lowest BCUT2D eigenvalue weighted by atomic mass is 9.77. The Balaban J connectivity index is 1.87. The van der Waals surface area contributed by atoms with Gasteiger partial charge in [0.25, 0.3) is 11.8 Å². The predicted octanol–water partition coefficient (Wildman–Crippen LogP) is 1.70. The van der Waals surface area contributed by atoms with Crippen molar-refractivity contribution in [2.75, 3.05) is 13.1 Å². The summed E-state index contributed by atoms with van der Waals surface area (Å²) in [7, 11) is 0. The van der Waals surface area contributed by atoms with Gasteiger partial charge in [-0.15, -0.1) is 0 Å². The third kappa shape index (κ3) is 2.84. The fraction of sp³-hybridized carbons (Fsp3) is 0.353. The third-order valence-electron chi connectivity index (χ3n) is 4.51. The average molecular weight is 312 g/mol. The van der Waals surface area contributed by atoms with Gasteiger partial charge in [-0.3, -0.25) is 14.7 Å². The Hall–Kier alpha value is -2.63. The molecular weight excluding hydrogens is 292 g/mol. The first-order valence-electron chi connectivity index (χ1n) is 7.69. The highest BCUT2D eigenvalue weighted by molar-refractivity contribution is 5.95. The van der Waals surface area contributed by atoms with Crippen LogP contribution in [0.15, 0.2) is 36.5 Å². The number of likely N-dealkylation sites (tertiary alicyclic amines) is 1. The minimum absolute atomic E-state index is 0.0108. The first-order chi connectivity index (χ1) is 11.0. The lowest BCUT2D eigenvalue weighted by Gasteiger charge is -2.40. The minimum Gasteiger partial charge on any atom is -0.365 e. The van der Waals surface area contributed by atoms with Crippen LogP contribution in [0.25, 0.3) is 0 Å². The Morgan fingerprint density at radius 2 is 2.04 bits per heavy atom. The number of rotatable bonds is 3. The van der Waals surface area contributed by atoms with Gasteiger partial charge in [0.15, 0.2) is 0 Å². The van der Waals surface area contributed by atoms with Gasteiger partial charge in [-0.2, -0.15) is 5.10 Å². The molecule has 3 N–H and O–H groups in total. The summed E-state index contributed by atoms with van der Waals surface area (Å²) in [5.41, 5.74) is 6.87. The molecule has 0 unspecified atom stereocenters. The van der Waals surface area contributed by atoms with Crippen LogP contribution in [-0.4, -0.2) is 40.0 Å². The maximum absolute atomic E-state index is 12.7. The Bertz CT molecular complexity index is 725. The molecule has 120 valence electrons. The molecule has 1 atom stereocenters. The second kappa shape index (κ2) is 5.87. The summed E-state index contributed by atoms with van der Waals surface area (Å²) in [6, 6.07) is 9.24. The second-order valence-electron chi connectivity index (χ2n) is 6.28. The number of nitrogens with zero attached hydrogens (tertiary/aromatic N) is 2. The molecule has 0 saturated carbocycles. The number of carbonyl (C=O) groups is 2. The summed E-state index contributed by atoms with van der Waals surface area (Å²) in [6.07, 6.45) is 3.20. The van der Waals surface area contributed by atoms with Crippen molar-refractivity contribution in [1.82, 2.24) is 15.1 Å². The van der Waals surface area contributed by atoms with Gasteiger partial charge in [0.05, 0.1) is 17.5 Å². The van der Waals surface area contributed by atoms with Crippen molar-refractivity contribution >= 4 is 11.8 Å². The number of benzene rings is 1. The fourth-order valence-corrected chi connectivity index (χ4v) is 3.31. The highest BCUT2D eigenvalue weighted by atomic mass is 16.2. The number of H-pyrrole nitrogens is 1. The molecular formula is C17H20N4O2. The molecule has 1 fully saturated rings. The molecule has 1 aliphatic heterocycles. The summed E-state index contributed by atoms with van der Waals surface area (Å²) in [5, 5.41) is 6.87. The number of carbonyl (C=O) groups excluding carboxylic acids is 2. The molecule has 6 heteroatoms. The van der Waals surface area contributed by atoms with Crippen LogP contribution in [-0.2, 0) is 5.41 Å². The largest absolute Gasteiger partial charge is 0.365 e. The normalized spacial score (nSPS) is 21.2. The number of nitrogens with two attached hydrogens (primary N) is 1. The molecule has 2 heterocycles.